The second kappa shape index (κ2) is 10.5. The number of ether oxygens (including phenoxy) is 2. The Kier molecular flexibility index (Phi) is 7.77. The van der Waals surface area contributed by atoms with Crippen LogP contribution in [0.25, 0.3) is 0 Å². The van der Waals surface area contributed by atoms with Crippen LogP contribution in [0.15, 0.2) is 60.2 Å². The summed E-state index contributed by atoms with van der Waals surface area (Å²) in [6, 6.07) is 12.8. The summed E-state index contributed by atoms with van der Waals surface area (Å²) in [5, 5.41) is 12.8. The Morgan fingerprint density at radius 1 is 1.25 bits per heavy atom. The van der Waals surface area contributed by atoms with Crippen molar-refractivity contribution in [3.63, 3.8) is 0 Å². The van der Waals surface area contributed by atoms with Crippen LogP contribution in [0.2, 0.25) is 0 Å². The van der Waals surface area contributed by atoms with Gasteiger partial charge in [0.15, 0.2) is 18.1 Å². The lowest BCUT2D eigenvalue weighted by atomic mass is 10.1. The number of hydrazone groups is 1. The topological polar surface area (TPSA) is 97.2 Å². The summed E-state index contributed by atoms with van der Waals surface area (Å²) in [5.74, 6) is -0.603. The van der Waals surface area contributed by atoms with Crippen molar-refractivity contribution >= 4 is 18.1 Å². The summed E-state index contributed by atoms with van der Waals surface area (Å²) in [4.78, 5) is 22.8. The molecular weight excluding hydrogens is 360 g/mol. The van der Waals surface area contributed by atoms with Gasteiger partial charge >= 0.3 is 5.97 Å². The summed E-state index contributed by atoms with van der Waals surface area (Å²) in [5.41, 5.74) is 4.74. The number of carboxylic acid groups (broad SMARTS) is 1. The van der Waals surface area contributed by atoms with Crippen molar-refractivity contribution in [1.29, 1.82) is 0 Å². The Labute approximate surface area is 163 Å². The lowest BCUT2D eigenvalue weighted by molar-refractivity contribution is -0.139. The summed E-state index contributed by atoms with van der Waals surface area (Å²) in [7, 11) is 1.46. The van der Waals surface area contributed by atoms with Crippen molar-refractivity contribution in [3.05, 3.63) is 71.8 Å². The van der Waals surface area contributed by atoms with E-state index < -0.39 is 12.6 Å². The van der Waals surface area contributed by atoms with E-state index in [1.807, 2.05) is 30.3 Å². The molecule has 2 aromatic carbocycles. The molecule has 7 heteroatoms. The molecule has 0 aliphatic rings. The van der Waals surface area contributed by atoms with Gasteiger partial charge in [-0.1, -0.05) is 36.4 Å². The summed E-state index contributed by atoms with van der Waals surface area (Å²) >= 11 is 0. The Hall–Kier alpha value is -3.61. The van der Waals surface area contributed by atoms with Gasteiger partial charge in [0.25, 0.3) is 0 Å². The molecule has 0 saturated heterocycles. The molecular formula is C21H22N2O5. The van der Waals surface area contributed by atoms with Crippen molar-refractivity contribution in [2.24, 2.45) is 5.10 Å². The highest BCUT2D eigenvalue weighted by molar-refractivity contribution is 5.84. The predicted molar refractivity (Wildman–Crippen MR) is 106 cm³/mol. The smallest absolute Gasteiger partial charge is 0.341 e. The highest BCUT2D eigenvalue weighted by Crippen LogP contribution is 2.33. The highest BCUT2D eigenvalue weighted by atomic mass is 16.5. The molecule has 0 bridgehead atoms. The molecule has 146 valence electrons. The molecule has 0 unspecified atom stereocenters. The molecule has 0 spiro atoms. The molecule has 28 heavy (non-hydrogen) atoms. The number of methoxy groups -OCH3 is 1. The number of carboxylic acids is 1. The number of allylic oxidation sites excluding steroid dienone is 1. The fraction of sp³-hybridized carbons (Fsp3) is 0.190. The first-order chi connectivity index (χ1) is 13.5. The first-order valence-corrected chi connectivity index (χ1v) is 8.55. The van der Waals surface area contributed by atoms with Crippen molar-refractivity contribution in [3.8, 4) is 11.5 Å². The summed E-state index contributed by atoms with van der Waals surface area (Å²) in [6.07, 6.45) is 3.84. The minimum atomic E-state index is -1.08. The largest absolute Gasteiger partial charge is 0.493 e. The molecule has 0 aromatic heterocycles. The average Bonchev–Trinajstić information content (AvgIpc) is 2.67. The quantitative estimate of drug-likeness (QED) is 0.374. The minimum Gasteiger partial charge on any atom is -0.493 e. The first kappa shape index (κ1) is 20.7. The second-order valence-electron chi connectivity index (χ2n) is 5.84. The molecule has 2 N–H and O–H groups in total. The number of aliphatic carboxylic acids is 1. The molecule has 2 rings (SSSR count). The van der Waals surface area contributed by atoms with Crippen LogP contribution in [0, 0.1) is 0 Å². The standard InChI is InChI=1S/C21H22N2O5/c1-3-7-17-10-16(11-18(27-2)21(17)28-14-20(25)26)13-22-23-19(24)12-15-8-5-4-6-9-15/h3-6,8-11,13H,1,7,12,14H2,2H3,(H,23,24)(H,25,26)/b22-13-. The molecule has 0 radical (unpaired) electrons. The second-order valence-corrected chi connectivity index (χ2v) is 5.84. The lowest BCUT2D eigenvalue weighted by Crippen LogP contribution is -2.19. The van der Waals surface area contributed by atoms with Gasteiger partial charge in [-0.3, -0.25) is 4.79 Å². The molecule has 0 aliphatic carbocycles. The van der Waals surface area contributed by atoms with E-state index >= 15 is 0 Å². The van der Waals surface area contributed by atoms with E-state index in [4.69, 9.17) is 14.6 Å². The number of benzene rings is 2. The van der Waals surface area contributed by atoms with Gasteiger partial charge in [-0.15, -0.1) is 6.58 Å². The van der Waals surface area contributed by atoms with E-state index in [-0.39, 0.29) is 12.3 Å². The van der Waals surface area contributed by atoms with Crippen LogP contribution in [0.4, 0.5) is 0 Å². The Morgan fingerprint density at radius 2 is 2.00 bits per heavy atom. The normalized spacial score (nSPS) is 10.5. The van der Waals surface area contributed by atoms with Crippen LogP contribution < -0.4 is 14.9 Å². The number of hydrogen-bond donors (Lipinski definition) is 2. The van der Waals surface area contributed by atoms with Crippen LogP contribution in [-0.4, -0.2) is 36.9 Å². The van der Waals surface area contributed by atoms with Gasteiger partial charge in [0.2, 0.25) is 5.91 Å². The van der Waals surface area contributed by atoms with E-state index in [9.17, 15) is 9.59 Å². The van der Waals surface area contributed by atoms with Gasteiger partial charge in [-0.25, -0.2) is 10.2 Å². The van der Waals surface area contributed by atoms with E-state index in [2.05, 4.69) is 17.1 Å². The minimum absolute atomic E-state index is 0.227. The average molecular weight is 382 g/mol. The van der Waals surface area contributed by atoms with Crippen molar-refractivity contribution in [2.75, 3.05) is 13.7 Å². The number of carbonyl (C=O) groups excluding carboxylic acids is 1. The number of rotatable bonds is 10. The number of nitrogens with one attached hydrogen (secondary N) is 1. The molecule has 0 atom stereocenters. The van der Waals surface area contributed by atoms with E-state index in [0.717, 1.165) is 5.56 Å². The van der Waals surface area contributed by atoms with Gasteiger partial charge in [0.1, 0.15) is 0 Å². The molecule has 0 aliphatic heterocycles. The number of hydrogen-bond acceptors (Lipinski definition) is 5. The third kappa shape index (κ3) is 6.28. The summed E-state index contributed by atoms with van der Waals surface area (Å²) in [6.45, 7) is 3.22. The maximum atomic E-state index is 12.0. The zero-order valence-electron chi connectivity index (χ0n) is 15.6. The molecule has 0 saturated carbocycles. The maximum Gasteiger partial charge on any atom is 0.341 e. The first-order valence-electron chi connectivity index (χ1n) is 8.55. The molecule has 7 nitrogen and oxygen atoms in total. The Bertz CT molecular complexity index is 863. The predicted octanol–water partition coefficient (Wildman–Crippen LogP) is 2.58. The zero-order chi connectivity index (χ0) is 20.4. The zero-order valence-corrected chi connectivity index (χ0v) is 15.6. The fourth-order valence-corrected chi connectivity index (χ4v) is 2.51. The van der Waals surface area contributed by atoms with E-state index in [1.165, 1.54) is 13.3 Å². The van der Waals surface area contributed by atoms with E-state index in [0.29, 0.717) is 29.0 Å². The SMILES string of the molecule is C=CCc1cc(/C=N\NC(=O)Cc2ccccc2)cc(OC)c1OCC(=O)O. The molecule has 0 fully saturated rings. The van der Waals surface area contributed by atoms with Crippen LogP contribution >= 0.6 is 0 Å². The van der Waals surface area contributed by atoms with E-state index in [1.54, 1.807) is 18.2 Å². The molecule has 2 aromatic rings. The van der Waals surface area contributed by atoms with Crippen LogP contribution in [-0.2, 0) is 22.4 Å². The highest BCUT2D eigenvalue weighted by Gasteiger charge is 2.13. The van der Waals surface area contributed by atoms with Gasteiger partial charge in [0, 0.05) is 5.56 Å². The Morgan fingerprint density at radius 3 is 2.64 bits per heavy atom. The monoisotopic (exact) mass is 382 g/mol. The number of amides is 1. The van der Waals surface area contributed by atoms with Crippen molar-refractivity contribution in [2.45, 2.75) is 12.8 Å². The summed E-state index contributed by atoms with van der Waals surface area (Å²) < 4.78 is 10.7. The molecule has 1 amide bonds. The van der Waals surface area contributed by atoms with Gasteiger partial charge < -0.3 is 14.6 Å². The maximum absolute atomic E-state index is 12.0. The van der Waals surface area contributed by atoms with Gasteiger partial charge in [-0.2, -0.15) is 5.10 Å². The number of nitrogens with zero attached hydrogens (tertiary/aromatic N) is 1. The van der Waals surface area contributed by atoms with Gasteiger partial charge in [-0.05, 0) is 29.7 Å². The van der Waals surface area contributed by atoms with Crippen LogP contribution in [0.3, 0.4) is 0 Å². The van der Waals surface area contributed by atoms with Crippen LogP contribution in [0.1, 0.15) is 16.7 Å². The third-order valence-corrected chi connectivity index (χ3v) is 3.69. The van der Waals surface area contributed by atoms with Crippen molar-refractivity contribution < 1.29 is 24.2 Å². The third-order valence-electron chi connectivity index (χ3n) is 3.69. The lowest BCUT2D eigenvalue weighted by Gasteiger charge is -2.14. The number of carbonyl (C=O) groups is 2. The van der Waals surface area contributed by atoms with Gasteiger partial charge in [0.05, 0.1) is 19.7 Å². The van der Waals surface area contributed by atoms with Crippen LogP contribution in [0.5, 0.6) is 11.5 Å². The Balaban J connectivity index is 2.12. The molecule has 0 heterocycles. The van der Waals surface area contributed by atoms with Crippen molar-refractivity contribution in [1.82, 2.24) is 5.43 Å². The fourth-order valence-electron chi connectivity index (χ4n) is 2.51.